The highest BCUT2D eigenvalue weighted by Gasteiger charge is 2.13. The monoisotopic (exact) mass is 256 g/mol. The first-order chi connectivity index (χ1) is 8.06. The van der Waals surface area contributed by atoms with Crippen molar-refractivity contribution in [3.63, 3.8) is 0 Å². The van der Waals surface area contributed by atoms with E-state index in [0.717, 1.165) is 24.2 Å². The van der Waals surface area contributed by atoms with Crippen LogP contribution in [0.15, 0.2) is 18.2 Å². The molecule has 17 heavy (non-hydrogen) atoms. The van der Waals surface area contributed by atoms with Gasteiger partial charge in [0.2, 0.25) is 0 Å². The van der Waals surface area contributed by atoms with Crippen LogP contribution in [0.25, 0.3) is 0 Å². The molecule has 0 radical (unpaired) electrons. The van der Waals surface area contributed by atoms with E-state index in [-0.39, 0.29) is 6.10 Å². The number of hydrogen-bond acceptors (Lipinski definition) is 2. The van der Waals surface area contributed by atoms with Crippen molar-refractivity contribution in [1.82, 2.24) is 0 Å². The molecular weight excluding hydrogens is 236 g/mol. The van der Waals surface area contributed by atoms with Gasteiger partial charge in [-0.05, 0) is 36.1 Å². The second kappa shape index (κ2) is 6.87. The number of halogens is 1. The molecule has 0 spiro atoms. The summed E-state index contributed by atoms with van der Waals surface area (Å²) in [5.74, 6) is 1.33. The van der Waals surface area contributed by atoms with Crippen LogP contribution in [-0.4, -0.2) is 18.3 Å². The van der Waals surface area contributed by atoms with E-state index in [1.807, 2.05) is 12.1 Å². The molecule has 0 aliphatic carbocycles. The van der Waals surface area contributed by atoms with Crippen LogP contribution in [0.3, 0.4) is 0 Å². The van der Waals surface area contributed by atoms with Gasteiger partial charge in [0.1, 0.15) is 5.75 Å². The molecule has 1 rings (SSSR count). The summed E-state index contributed by atoms with van der Waals surface area (Å²) < 4.78 is 5.26. The minimum Gasteiger partial charge on any atom is -0.496 e. The maximum atomic E-state index is 10.0. The average Bonchev–Trinajstić information content (AvgIpc) is 2.29. The third-order valence-electron chi connectivity index (χ3n) is 3.07. The zero-order valence-electron chi connectivity index (χ0n) is 10.7. The number of hydrogen-bond donors (Lipinski definition) is 1. The predicted octanol–water partition coefficient (Wildman–Crippen LogP) is 3.69. The Hall–Kier alpha value is -0.730. The van der Waals surface area contributed by atoms with Gasteiger partial charge in [0, 0.05) is 11.4 Å². The van der Waals surface area contributed by atoms with Gasteiger partial charge in [-0.1, -0.05) is 31.9 Å². The molecule has 3 heteroatoms. The summed E-state index contributed by atoms with van der Waals surface area (Å²) in [4.78, 5) is 0. The summed E-state index contributed by atoms with van der Waals surface area (Å²) in [5.41, 5.74) is 0.968. The maximum Gasteiger partial charge on any atom is 0.122 e. The summed E-state index contributed by atoms with van der Waals surface area (Å²) in [6.45, 7) is 4.29. The van der Waals surface area contributed by atoms with Gasteiger partial charge in [-0.25, -0.2) is 0 Å². The highest BCUT2D eigenvalue weighted by molar-refractivity contribution is 6.30. The van der Waals surface area contributed by atoms with E-state index in [2.05, 4.69) is 13.8 Å². The zero-order chi connectivity index (χ0) is 12.8. The summed E-state index contributed by atoms with van der Waals surface area (Å²) in [6, 6.07) is 5.50. The topological polar surface area (TPSA) is 29.5 Å². The van der Waals surface area contributed by atoms with E-state index in [0.29, 0.717) is 17.4 Å². The Morgan fingerprint density at radius 2 is 2.12 bits per heavy atom. The molecule has 96 valence electrons. The SMILES string of the molecule is CCC(C)CC(O)Cc1cc(Cl)ccc1OC. The van der Waals surface area contributed by atoms with Gasteiger partial charge < -0.3 is 9.84 Å². The molecule has 2 unspecified atom stereocenters. The number of benzene rings is 1. The van der Waals surface area contributed by atoms with Crippen molar-refractivity contribution in [3.05, 3.63) is 28.8 Å². The highest BCUT2D eigenvalue weighted by atomic mass is 35.5. The van der Waals surface area contributed by atoms with Gasteiger partial charge >= 0.3 is 0 Å². The molecule has 1 aromatic carbocycles. The molecule has 0 aliphatic rings. The van der Waals surface area contributed by atoms with Crippen LogP contribution in [0.4, 0.5) is 0 Å². The molecule has 1 N–H and O–H groups in total. The fraction of sp³-hybridized carbons (Fsp3) is 0.571. The van der Waals surface area contributed by atoms with Crippen LogP contribution in [-0.2, 0) is 6.42 Å². The van der Waals surface area contributed by atoms with Gasteiger partial charge in [0.15, 0.2) is 0 Å². The smallest absolute Gasteiger partial charge is 0.122 e. The van der Waals surface area contributed by atoms with Crippen LogP contribution in [0.5, 0.6) is 5.75 Å². The van der Waals surface area contributed by atoms with Crippen molar-refractivity contribution in [2.45, 2.75) is 39.2 Å². The molecule has 1 aromatic rings. The van der Waals surface area contributed by atoms with Gasteiger partial charge in [0.05, 0.1) is 13.2 Å². The van der Waals surface area contributed by atoms with Crippen LogP contribution < -0.4 is 4.74 Å². The van der Waals surface area contributed by atoms with Crippen molar-refractivity contribution >= 4 is 11.6 Å². The molecule has 0 saturated heterocycles. The van der Waals surface area contributed by atoms with Crippen molar-refractivity contribution in [3.8, 4) is 5.75 Å². The van der Waals surface area contributed by atoms with Gasteiger partial charge in [0.25, 0.3) is 0 Å². The Morgan fingerprint density at radius 3 is 2.71 bits per heavy atom. The second-order valence-corrected chi connectivity index (χ2v) is 5.00. The Balaban J connectivity index is 2.69. The van der Waals surface area contributed by atoms with Crippen LogP contribution >= 0.6 is 11.6 Å². The number of aliphatic hydroxyl groups excluding tert-OH is 1. The van der Waals surface area contributed by atoms with E-state index in [1.54, 1.807) is 13.2 Å². The Bertz CT molecular complexity index is 352. The molecule has 0 saturated carbocycles. The van der Waals surface area contributed by atoms with Crippen LogP contribution in [0.2, 0.25) is 5.02 Å². The Morgan fingerprint density at radius 1 is 1.41 bits per heavy atom. The summed E-state index contributed by atoms with van der Waals surface area (Å²) in [6.07, 6.45) is 2.15. The zero-order valence-corrected chi connectivity index (χ0v) is 11.5. The molecule has 0 bridgehead atoms. The minimum absolute atomic E-state index is 0.336. The first-order valence-electron chi connectivity index (χ1n) is 6.07. The van der Waals surface area contributed by atoms with Crippen molar-refractivity contribution in [1.29, 1.82) is 0 Å². The fourth-order valence-electron chi connectivity index (χ4n) is 1.87. The Kier molecular flexibility index (Phi) is 5.79. The van der Waals surface area contributed by atoms with E-state index >= 15 is 0 Å². The molecule has 0 aromatic heterocycles. The van der Waals surface area contributed by atoms with E-state index in [9.17, 15) is 5.11 Å². The molecule has 2 atom stereocenters. The molecule has 0 fully saturated rings. The third kappa shape index (κ3) is 4.57. The average molecular weight is 257 g/mol. The molecule has 0 amide bonds. The van der Waals surface area contributed by atoms with Gasteiger partial charge in [-0.15, -0.1) is 0 Å². The predicted molar refractivity (Wildman–Crippen MR) is 71.8 cm³/mol. The van der Waals surface area contributed by atoms with E-state index in [1.165, 1.54) is 0 Å². The van der Waals surface area contributed by atoms with Crippen molar-refractivity contribution < 1.29 is 9.84 Å². The van der Waals surface area contributed by atoms with E-state index in [4.69, 9.17) is 16.3 Å². The minimum atomic E-state index is -0.336. The fourth-order valence-corrected chi connectivity index (χ4v) is 2.07. The number of methoxy groups -OCH3 is 1. The number of aliphatic hydroxyl groups is 1. The lowest BCUT2D eigenvalue weighted by molar-refractivity contribution is 0.144. The second-order valence-electron chi connectivity index (χ2n) is 4.56. The van der Waals surface area contributed by atoms with Crippen LogP contribution in [0.1, 0.15) is 32.3 Å². The van der Waals surface area contributed by atoms with Crippen LogP contribution in [0, 0.1) is 5.92 Å². The molecule has 0 aliphatic heterocycles. The van der Waals surface area contributed by atoms with Crippen molar-refractivity contribution in [2.75, 3.05) is 7.11 Å². The largest absolute Gasteiger partial charge is 0.496 e. The first-order valence-corrected chi connectivity index (χ1v) is 6.45. The Labute approximate surface area is 109 Å². The number of ether oxygens (including phenoxy) is 1. The third-order valence-corrected chi connectivity index (χ3v) is 3.30. The van der Waals surface area contributed by atoms with Crippen molar-refractivity contribution in [2.24, 2.45) is 5.92 Å². The van der Waals surface area contributed by atoms with Gasteiger partial charge in [-0.3, -0.25) is 0 Å². The standard InChI is InChI=1S/C14H21ClO2/c1-4-10(2)7-13(16)9-11-8-12(15)5-6-14(11)17-3/h5-6,8,10,13,16H,4,7,9H2,1-3H3. The summed E-state index contributed by atoms with van der Waals surface area (Å²) in [7, 11) is 1.63. The lowest BCUT2D eigenvalue weighted by Crippen LogP contribution is -2.15. The van der Waals surface area contributed by atoms with E-state index < -0.39 is 0 Å². The normalized spacial score (nSPS) is 14.4. The summed E-state index contributed by atoms with van der Waals surface area (Å²) in [5, 5.41) is 10.7. The first kappa shape index (κ1) is 14.3. The highest BCUT2D eigenvalue weighted by Crippen LogP contribution is 2.25. The summed E-state index contributed by atoms with van der Waals surface area (Å²) >= 11 is 5.95. The van der Waals surface area contributed by atoms with Gasteiger partial charge in [-0.2, -0.15) is 0 Å². The number of rotatable bonds is 6. The molecule has 2 nitrogen and oxygen atoms in total. The maximum absolute atomic E-state index is 10.0. The lowest BCUT2D eigenvalue weighted by atomic mass is 9.96. The quantitative estimate of drug-likeness (QED) is 0.841. The lowest BCUT2D eigenvalue weighted by Gasteiger charge is -2.16. The molecule has 0 heterocycles. The molecular formula is C14H21ClO2.